The zero-order valence-corrected chi connectivity index (χ0v) is 20.2. The minimum atomic E-state index is -1.06. The lowest BCUT2D eigenvalue weighted by Crippen LogP contribution is -2.47. The highest BCUT2D eigenvalue weighted by atomic mass is 16.5. The predicted molar refractivity (Wildman–Crippen MR) is 132 cm³/mol. The molecule has 186 valence electrons. The molecule has 2 aromatic carbocycles. The van der Waals surface area contributed by atoms with Crippen LogP contribution in [0.3, 0.4) is 0 Å². The topological polar surface area (TPSA) is 108 Å². The fraction of sp³-hybridized carbons (Fsp3) is 0.444. The zero-order chi connectivity index (χ0) is 24.9. The summed E-state index contributed by atoms with van der Waals surface area (Å²) in [6.07, 6.45) is 1.68. The van der Waals surface area contributed by atoms with Crippen molar-refractivity contribution in [2.24, 2.45) is 11.8 Å². The van der Waals surface area contributed by atoms with Gasteiger partial charge < -0.3 is 25.4 Å². The number of aliphatic carboxylic acids is 1. The van der Waals surface area contributed by atoms with Crippen LogP contribution in [-0.2, 0) is 14.3 Å². The molecule has 2 aliphatic rings. The minimum absolute atomic E-state index is 0.0113. The lowest BCUT2D eigenvalue weighted by molar-refractivity contribution is -0.142. The Morgan fingerprint density at radius 3 is 2.17 bits per heavy atom. The summed E-state index contributed by atoms with van der Waals surface area (Å²) in [5.74, 6) is -1.09. The smallest absolute Gasteiger partial charge is 0.407 e. The van der Waals surface area contributed by atoms with Gasteiger partial charge >= 0.3 is 12.1 Å². The van der Waals surface area contributed by atoms with Crippen molar-refractivity contribution in [3.8, 4) is 11.1 Å². The van der Waals surface area contributed by atoms with Gasteiger partial charge in [-0.15, -0.1) is 0 Å². The van der Waals surface area contributed by atoms with Crippen molar-refractivity contribution in [1.82, 2.24) is 15.5 Å². The molecule has 0 bridgehead atoms. The Morgan fingerprint density at radius 2 is 1.63 bits per heavy atom. The van der Waals surface area contributed by atoms with Gasteiger partial charge in [-0.05, 0) is 61.0 Å². The normalized spacial score (nSPS) is 16.2. The average molecular weight is 480 g/mol. The van der Waals surface area contributed by atoms with E-state index in [1.165, 1.54) is 11.1 Å². The number of carboxylic acid groups (broad SMARTS) is 1. The Morgan fingerprint density at radius 1 is 1.03 bits per heavy atom. The van der Waals surface area contributed by atoms with E-state index in [1.54, 1.807) is 19.0 Å². The van der Waals surface area contributed by atoms with E-state index in [-0.39, 0.29) is 37.3 Å². The number of hydrogen-bond acceptors (Lipinski definition) is 5. The van der Waals surface area contributed by atoms with E-state index < -0.39 is 18.1 Å². The number of likely N-dealkylation sites (N-methyl/N-ethyl adjacent to an activating group) is 1. The summed E-state index contributed by atoms with van der Waals surface area (Å²) in [4.78, 5) is 38.2. The van der Waals surface area contributed by atoms with Crippen molar-refractivity contribution in [2.45, 2.75) is 31.2 Å². The number of fused-ring (bicyclic) bond motifs is 3. The first-order valence-corrected chi connectivity index (χ1v) is 12.1. The monoisotopic (exact) mass is 479 g/mol. The number of carbonyl (C=O) groups excluding carboxylic acids is 2. The van der Waals surface area contributed by atoms with Crippen molar-refractivity contribution in [3.05, 3.63) is 59.7 Å². The highest BCUT2D eigenvalue weighted by molar-refractivity contribution is 5.84. The summed E-state index contributed by atoms with van der Waals surface area (Å²) in [6.45, 7) is 0.770. The standard InChI is InChI=1S/C27H33N3O5/c1-30(2)15-24(26(32)33)29-25(31)13-18(17-11-12-17)14-28-27(34)35-16-23-21-9-5-3-7-19(21)20-8-4-6-10-22(20)23/h3-10,17-18,23-24H,11-16H2,1-2H3,(H,28,34)(H,29,31)(H,32,33). The molecule has 35 heavy (non-hydrogen) atoms. The molecule has 2 unspecified atom stereocenters. The van der Waals surface area contributed by atoms with E-state index in [2.05, 4.69) is 34.9 Å². The predicted octanol–water partition coefficient (Wildman–Crippen LogP) is 3.07. The number of ether oxygens (including phenoxy) is 1. The molecule has 0 spiro atoms. The number of nitrogens with one attached hydrogen (secondary N) is 2. The van der Waals surface area contributed by atoms with Crippen molar-refractivity contribution in [1.29, 1.82) is 0 Å². The van der Waals surface area contributed by atoms with Gasteiger partial charge in [0, 0.05) is 25.4 Å². The number of alkyl carbamates (subject to hydrolysis) is 1. The molecule has 2 amide bonds. The van der Waals surface area contributed by atoms with Crippen LogP contribution >= 0.6 is 0 Å². The lowest BCUT2D eigenvalue weighted by atomic mass is 9.98. The number of amides is 2. The fourth-order valence-electron chi connectivity index (χ4n) is 4.88. The molecule has 1 saturated carbocycles. The first-order valence-electron chi connectivity index (χ1n) is 12.1. The van der Waals surface area contributed by atoms with E-state index in [4.69, 9.17) is 4.74 Å². The average Bonchev–Trinajstić information content (AvgIpc) is 3.62. The Balaban J connectivity index is 1.29. The van der Waals surface area contributed by atoms with Gasteiger partial charge in [0.15, 0.2) is 0 Å². The molecule has 8 nitrogen and oxygen atoms in total. The van der Waals surface area contributed by atoms with Gasteiger partial charge in [-0.1, -0.05) is 48.5 Å². The third-order valence-corrected chi connectivity index (χ3v) is 6.77. The number of carbonyl (C=O) groups is 3. The maximum absolute atomic E-state index is 12.5. The maximum Gasteiger partial charge on any atom is 0.407 e. The van der Waals surface area contributed by atoms with Crippen LogP contribution in [-0.4, -0.2) is 67.8 Å². The summed E-state index contributed by atoms with van der Waals surface area (Å²) in [6, 6.07) is 15.4. The SMILES string of the molecule is CN(C)CC(NC(=O)CC(CNC(=O)OCC1c2ccccc2-c2ccccc21)C1CC1)C(=O)O. The molecular weight excluding hydrogens is 446 g/mol. The zero-order valence-electron chi connectivity index (χ0n) is 20.2. The van der Waals surface area contributed by atoms with E-state index in [1.807, 2.05) is 24.3 Å². The second kappa shape index (κ2) is 10.9. The molecule has 0 radical (unpaired) electrons. The lowest BCUT2D eigenvalue weighted by Gasteiger charge is -2.21. The molecule has 2 aromatic rings. The van der Waals surface area contributed by atoms with Crippen LogP contribution in [0.2, 0.25) is 0 Å². The van der Waals surface area contributed by atoms with E-state index >= 15 is 0 Å². The number of nitrogens with zero attached hydrogens (tertiary/aromatic N) is 1. The van der Waals surface area contributed by atoms with Crippen LogP contribution in [0.1, 0.15) is 36.3 Å². The Bertz CT molecular complexity index is 1040. The van der Waals surface area contributed by atoms with Crippen LogP contribution in [0.4, 0.5) is 4.79 Å². The second-order valence-corrected chi connectivity index (χ2v) is 9.73. The summed E-state index contributed by atoms with van der Waals surface area (Å²) in [7, 11) is 3.51. The molecule has 2 atom stereocenters. The molecule has 4 rings (SSSR count). The molecule has 0 saturated heterocycles. The van der Waals surface area contributed by atoms with Crippen LogP contribution < -0.4 is 10.6 Å². The minimum Gasteiger partial charge on any atom is -0.480 e. The fourth-order valence-corrected chi connectivity index (χ4v) is 4.88. The molecule has 0 heterocycles. The van der Waals surface area contributed by atoms with Crippen LogP contribution in [0.25, 0.3) is 11.1 Å². The maximum atomic E-state index is 12.5. The number of benzene rings is 2. The van der Waals surface area contributed by atoms with Gasteiger partial charge in [-0.3, -0.25) is 4.79 Å². The number of hydrogen-bond donors (Lipinski definition) is 3. The van der Waals surface area contributed by atoms with E-state index in [0.717, 1.165) is 24.0 Å². The number of carboxylic acids is 1. The molecule has 0 aromatic heterocycles. The largest absolute Gasteiger partial charge is 0.480 e. The van der Waals surface area contributed by atoms with Crippen molar-refractivity contribution in [3.63, 3.8) is 0 Å². The quantitative estimate of drug-likeness (QED) is 0.457. The molecule has 0 aliphatic heterocycles. The van der Waals surface area contributed by atoms with Gasteiger partial charge in [0.1, 0.15) is 12.6 Å². The van der Waals surface area contributed by atoms with Crippen LogP contribution in [0, 0.1) is 11.8 Å². The first-order chi connectivity index (χ1) is 16.8. The molecular formula is C27H33N3O5. The number of rotatable bonds is 11. The van der Waals surface area contributed by atoms with Gasteiger partial charge in [0.05, 0.1) is 0 Å². The molecule has 1 fully saturated rings. The highest BCUT2D eigenvalue weighted by Crippen LogP contribution is 2.44. The van der Waals surface area contributed by atoms with Crippen LogP contribution in [0.5, 0.6) is 0 Å². The van der Waals surface area contributed by atoms with Gasteiger partial charge in [-0.25, -0.2) is 9.59 Å². The van der Waals surface area contributed by atoms with Crippen molar-refractivity contribution in [2.75, 3.05) is 33.8 Å². The van der Waals surface area contributed by atoms with E-state index in [0.29, 0.717) is 12.5 Å². The van der Waals surface area contributed by atoms with Gasteiger partial charge in [0.25, 0.3) is 0 Å². The van der Waals surface area contributed by atoms with Crippen molar-refractivity contribution < 1.29 is 24.2 Å². The summed E-state index contributed by atoms with van der Waals surface area (Å²) >= 11 is 0. The second-order valence-electron chi connectivity index (χ2n) is 9.73. The molecule has 2 aliphatic carbocycles. The Kier molecular flexibility index (Phi) is 7.70. The van der Waals surface area contributed by atoms with Crippen LogP contribution in [0.15, 0.2) is 48.5 Å². The third kappa shape index (κ3) is 6.19. The third-order valence-electron chi connectivity index (χ3n) is 6.77. The first kappa shape index (κ1) is 24.7. The Labute approximate surface area is 205 Å². The summed E-state index contributed by atoms with van der Waals surface area (Å²) in [5.41, 5.74) is 4.65. The van der Waals surface area contributed by atoms with Crippen molar-refractivity contribution >= 4 is 18.0 Å². The summed E-state index contributed by atoms with van der Waals surface area (Å²) < 4.78 is 5.60. The van der Waals surface area contributed by atoms with Gasteiger partial charge in [-0.2, -0.15) is 0 Å². The Hall–Kier alpha value is -3.39. The van der Waals surface area contributed by atoms with E-state index in [9.17, 15) is 19.5 Å². The highest BCUT2D eigenvalue weighted by Gasteiger charge is 2.34. The van der Waals surface area contributed by atoms with Gasteiger partial charge in [0.2, 0.25) is 5.91 Å². The molecule has 3 N–H and O–H groups in total. The summed E-state index contributed by atoms with van der Waals surface area (Å²) in [5, 5.41) is 14.8. The molecule has 8 heteroatoms.